The largest absolute Gasteiger partial charge is 0.375 e. The monoisotopic (exact) mass is 276 g/mol. The standard InChI is InChI=1S/C10H16N4OS.ClH/c11-9(15)7-2-1-3-14(5-7)6-8-4-13-10(12)16-8;/h4,7H,1-3,5-6H2,(H2,11,15)(H2,12,13);1H. The minimum absolute atomic E-state index is 0. The van der Waals surface area contributed by atoms with Gasteiger partial charge in [-0.1, -0.05) is 0 Å². The van der Waals surface area contributed by atoms with Crippen LogP contribution in [0, 0.1) is 5.92 Å². The highest BCUT2D eigenvalue weighted by Gasteiger charge is 2.24. The lowest BCUT2D eigenvalue weighted by molar-refractivity contribution is -0.123. The van der Waals surface area contributed by atoms with E-state index in [1.807, 2.05) is 0 Å². The first-order valence-electron chi connectivity index (χ1n) is 5.37. The number of carbonyl (C=O) groups is 1. The van der Waals surface area contributed by atoms with E-state index >= 15 is 0 Å². The molecule has 1 amide bonds. The zero-order valence-corrected chi connectivity index (χ0v) is 11.1. The molecule has 1 atom stereocenters. The van der Waals surface area contributed by atoms with Crippen molar-refractivity contribution in [3.8, 4) is 0 Å². The highest BCUT2D eigenvalue weighted by Crippen LogP contribution is 2.21. The molecule has 0 aromatic carbocycles. The number of primary amides is 1. The summed E-state index contributed by atoms with van der Waals surface area (Å²) < 4.78 is 0. The number of aromatic nitrogens is 1. The quantitative estimate of drug-likeness (QED) is 0.857. The van der Waals surface area contributed by atoms with Gasteiger partial charge in [-0.15, -0.1) is 23.7 Å². The summed E-state index contributed by atoms with van der Waals surface area (Å²) in [4.78, 5) is 18.5. The number of nitrogen functional groups attached to an aromatic ring is 1. The van der Waals surface area contributed by atoms with Crippen LogP contribution in [-0.4, -0.2) is 28.9 Å². The van der Waals surface area contributed by atoms with Gasteiger partial charge in [-0.05, 0) is 19.4 Å². The highest BCUT2D eigenvalue weighted by molar-refractivity contribution is 7.15. The molecule has 0 bridgehead atoms. The topological polar surface area (TPSA) is 85.2 Å². The summed E-state index contributed by atoms with van der Waals surface area (Å²) in [7, 11) is 0. The lowest BCUT2D eigenvalue weighted by Gasteiger charge is -2.30. The van der Waals surface area contributed by atoms with Crippen LogP contribution in [0.15, 0.2) is 6.20 Å². The number of piperidine rings is 1. The van der Waals surface area contributed by atoms with Crippen LogP contribution in [0.3, 0.4) is 0 Å². The maximum absolute atomic E-state index is 11.1. The Hall–Kier alpha value is -0.850. The Labute approximate surface area is 111 Å². The molecule has 2 rings (SSSR count). The van der Waals surface area contributed by atoms with Crippen LogP contribution in [0.2, 0.25) is 0 Å². The minimum Gasteiger partial charge on any atom is -0.375 e. The number of hydrogen-bond donors (Lipinski definition) is 2. The zero-order chi connectivity index (χ0) is 11.5. The summed E-state index contributed by atoms with van der Waals surface area (Å²) in [6.07, 6.45) is 3.74. The van der Waals surface area contributed by atoms with E-state index in [4.69, 9.17) is 11.5 Å². The number of hydrogen-bond acceptors (Lipinski definition) is 5. The van der Waals surface area contributed by atoms with Gasteiger partial charge < -0.3 is 11.5 Å². The average Bonchev–Trinajstić information content (AvgIpc) is 2.64. The molecular formula is C10H17ClN4OS. The van der Waals surface area contributed by atoms with E-state index < -0.39 is 0 Å². The van der Waals surface area contributed by atoms with Crippen molar-refractivity contribution in [3.05, 3.63) is 11.1 Å². The lowest BCUT2D eigenvalue weighted by Crippen LogP contribution is -2.40. The van der Waals surface area contributed by atoms with Crippen molar-refractivity contribution in [2.45, 2.75) is 19.4 Å². The Morgan fingerprint density at radius 3 is 3.00 bits per heavy atom. The average molecular weight is 277 g/mol. The van der Waals surface area contributed by atoms with Crippen molar-refractivity contribution < 1.29 is 4.79 Å². The summed E-state index contributed by atoms with van der Waals surface area (Å²) in [6.45, 7) is 2.59. The maximum atomic E-state index is 11.1. The SMILES string of the molecule is Cl.NC(=O)C1CCCN(Cc2cnc(N)s2)C1. The minimum atomic E-state index is -0.187. The van der Waals surface area contributed by atoms with E-state index in [1.54, 1.807) is 6.20 Å². The molecule has 1 aliphatic rings. The predicted molar refractivity (Wildman–Crippen MR) is 71.0 cm³/mol. The number of thiazole rings is 1. The molecule has 0 aliphatic carbocycles. The first-order valence-corrected chi connectivity index (χ1v) is 6.18. The normalized spacial score (nSPS) is 20.8. The molecule has 1 aliphatic heterocycles. The molecule has 2 heterocycles. The molecular weight excluding hydrogens is 260 g/mol. The number of carbonyl (C=O) groups excluding carboxylic acids is 1. The van der Waals surface area contributed by atoms with Gasteiger partial charge in [0, 0.05) is 24.2 Å². The summed E-state index contributed by atoms with van der Waals surface area (Å²) in [6, 6.07) is 0. The number of likely N-dealkylation sites (tertiary alicyclic amines) is 1. The third-order valence-corrected chi connectivity index (χ3v) is 3.67. The summed E-state index contributed by atoms with van der Waals surface area (Å²) in [5.74, 6) is -0.187. The Morgan fingerprint density at radius 1 is 1.65 bits per heavy atom. The van der Waals surface area contributed by atoms with Crippen LogP contribution in [0.4, 0.5) is 5.13 Å². The zero-order valence-electron chi connectivity index (χ0n) is 9.46. The molecule has 0 spiro atoms. The molecule has 1 aromatic rings. The van der Waals surface area contributed by atoms with Gasteiger partial charge in [0.25, 0.3) is 0 Å². The van der Waals surface area contributed by atoms with E-state index in [-0.39, 0.29) is 24.2 Å². The van der Waals surface area contributed by atoms with Crippen LogP contribution < -0.4 is 11.5 Å². The van der Waals surface area contributed by atoms with Gasteiger partial charge in [-0.25, -0.2) is 4.98 Å². The van der Waals surface area contributed by atoms with Gasteiger partial charge in [0.05, 0.1) is 5.92 Å². The first-order chi connectivity index (χ1) is 7.65. The second-order valence-corrected chi connectivity index (χ2v) is 5.29. The third kappa shape index (κ3) is 3.83. The summed E-state index contributed by atoms with van der Waals surface area (Å²) in [5, 5.41) is 0.596. The molecule has 7 heteroatoms. The molecule has 1 saturated heterocycles. The van der Waals surface area contributed by atoms with Gasteiger partial charge in [0.1, 0.15) is 0 Å². The van der Waals surface area contributed by atoms with Crippen molar-refractivity contribution in [2.24, 2.45) is 11.7 Å². The lowest BCUT2D eigenvalue weighted by atomic mass is 9.97. The molecule has 5 nitrogen and oxygen atoms in total. The predicted octanol–water partition coefficient (Wildman–Crippen LogP) is 0.844. The molecule has 1 aromatic heterocycles. The maximum Gasteiger partial charge on any atom is 0.221 e. The van der Waals surface area contributed by atoms with Crippen LogP contribution >= 0.6 is 23.7 Å². The van der Waals surface area contributed by atoms with E-state index in [1.165, 1.54) is 11.3 Å². The number of nitrogens with zero attached hydrogens (tertiary/aromatic N) is 2. The van der Waals surface area contributed by atoms with Crippen molar-refractivity contribution in [1.82, 2.24) is 9.88 Å². The smallest absolute Gasteiger partial charge is 0.221 e. The fraction of sp³-hybridized carbons (Fsp3) is 0.600. The number of halogens is 1. The van der Waals surface area contributed by atoms with Gasteiger partial charge in [0.2, 0.25) is 5.91 Å². The van der Waals surface area contributed by atoms with Gasteiger partial charge in [-0.3, -0.25) is 9.69 Å². The highest BCUT2D eigenvalue weighted by atomic mass is 35.5. The second kappa shape index (κ2) is 6.18. The van der Waals surface area contributed by atoms with Crippen LogP contribution in [0.1, 0.15) is 17.7 Å². The molecule has 96 valence electrons. The Kier molecular flexibility index (Phi) is 5.17. The number of nitrogens with two attached hydrogens (primary N) is 2. The Morgan fingerprint density at radius 2 is 2.41 bits per heavy atom. The molecule has 0 radical (unpaired) electrons. The number of anilines is 1. The Bertz CT molecular complexity index is 384. The second-order valence-electron chi connectivity index (χ2n) is 4.14. The van der Waals surface area contributed by atoms with Gasteiger partial charge in [0.15, 0.2) is 5.13 Å². The van der Waals surface area contributed by atoms with Crippen LogP contribution in [0.25, 0.3) is 0 Å². The van der Waals surface area contributed by atoms with Crippen LogP contribution in [-0.2, 0) is 11.3 Å². The van der Waals surface area contributed by atoms with E-state index in [9.17, 15) is 4.79 Å². The van der Waals surface area contributed by atoms with E-state index in [2.05, 4.69) is 9.88 Å². The molecule has 0 saturated carbocycles. The molecule has 1 unspecified atom stereocenters. The van der Waals surface area contributed by atoms with Crippen molar-refractivity contribution in [2.75, 3.05) is 18.8 Å². The fourth-order valence-electron chi connectivity index (χ4n) is 2.05. The molecule has 4 N–H and O–H groups in total. The van der Waals surface area contributed by atoms with Crippen molar-refractivity contribution in [1.29, 1.82) is 0 Å². The van der Waals surface area contributed by atoms with E-state index in [0.717, 1.165) is 37.4 Å². The van der Waals surface area contributed by atoms with Crippen molar-refractivity contribution in [3.63, 3.8) is 0 Å². The van der Waals surface area contributed by atoms with Gasteiger partial charge in [-0.2, -0.15) is 0 Å². The first kappa shape index (κ1) is 14.2. The number of amides is 1. The Balaban J connectivity index is 0.00000144. The third-order valence-electron chi connectivity index (χ3n) is 2.86. The molecule has 17 heavy (non-hydrogen) atoms. The fourth-order valence-corrected chi connectivity index (χ4v) is 2.77. The van der Waals surface area contributed by atoms with E-state index in [0.29, 0.717) is 5.13 Å². The molecule has 1 fully saturated rings. The van der Waals surface area contributed by atoms with Crippen LogP contribution in [0.5, 0.6) is 0 Å². The summed E-state index contributed by atoms with van der Waals surface area (Å²) >= 11 is 1.50. The number of rotatable bonds is 3. The van der Waals surface area contributed by atoms with Crippen molar-refractivity contribution >= 4 is 34.8 Å². The summed E-state index contributed by atoms with van der Waals surface area (Å²) in [5.41, 5.74) is 10.9. The van der Waals surface area contributed by atoms with Gasteiger partial charge >= 0.3 is 0 Å².